The molecule has 100 valence electrons. The molecule has 2 aromatic rings. The smallest absolute Gasteiger partial charge is 0.355 e. The molecule has 2 rings (SSSR count). The van der Waals surface area contributed by atoms with Crippen LogP contribution in [-0.2, 0) is 11.2 Å². The maximum atomic E-state index is 10.8. The third-order valence-corrected chi connectivity index (χ3v) is 3.60. The van der Waals surface area contributed by atoms with Crippen LogP contribution in [0.3, 0.4) is 0 Å². The van der Waals surface area contributed by atoms with E-state index in [9.17, 15) is 4.79 Å². The number of hydrogen-bond acceptors (Lipinski definition) is 4. The fourth-order valence-electron chi connectivity index (χ4n) is 1.79. The molecule has 0 aliphatic carbocycles. The summed E-state index contributed by atoms with van der Waals surface area (Å²) in [6.45, 7) is 0.741. The van der Waals surface area contributed by atoms with Crippen LogP contribution in [0, 0.1) is 0 Å². The predicted molar refractivity (Wildman–Crippen MR) is 74.7 cm³/mol. The van der Waals surface area contributed by atoms with Gasteiger partial charge in [-0.05, 0) is 24.5 Å². The number of nitrogens with zero attached hydrogens (tertiary/aromatic N) is 1. The zero-order valence-corrected chi connectivity index (χ0v) is 11.4. The van der Waals surface area contributed by atoms with Crippen LogP contribution in [0.1, 0.15) is 22.5 Å². The molecule has 1 heterocycles. The number of methoxy groups -OCH3 is 1. The molecule has 0 amide bonds. The van der Waals surface area contributed by atoms with Gasteiger partial charge in [-0.1, -0.05) is 18.2 Å². The van der Waals surface area contributed by atoms with Gasteiger partial charge < -0.3 is 9.84 Å². The summed E-state index contributed by atoms with van der Waals surface area (Å²) in [5, 5.41) is 11.2. The lowest BCUT2D eigenvalue weighted by Crippen LogP contribution is -1.96. The lowest BCUT2D eigenvalue weighted by atomic mass is 10.1. The van der Waals surface area contributed by atoms with Crippen molar-refractivity contribution in [2.45, 2.75) is 12.8 Å². The highest BCUT2D eigenvalue weighted by Gasteiger charge is 2.10. The van der Waals surface area contributed by atoms with Crippen LogP contribution < -0.4 is 0 Å². The molecule has 0 fully saturated rings. The number of rotatable bonds is 6. The Balaban J connectivity index is 2.15. The number of hydrogen-bond donors (Lipinski definition) is 1. The van der Waals surface area contributed by atoms with Gasteiger partial charge in [0.1, 0.15) is 5.01 Å². The van der Waals surface area contributed by atoms with Gasteiger partial charge in [-0.2, -0.15) is 0 Å². The Hall–Kier alpha value is -1.72. The predicted octanol–water partition coefficient (Wildman–Crippen LogP) is 3.09. The van der Waals surface area contributed by atoms with Crippen LogP contribution in [0.25, 0.3) is 10.6 Å². The van der Waals surface area contributed by atoms with Crippen molar-refractivity contribution in [1.82, 2.24) is 4.98 Å². The van der Waals surface area contributed by atoms with Crippen LogP contribution in [-0.4, -0.2) is 29.8 Å². The number of aryl methyl sites for hydroxylation is 1. The Kier molecular flexibility index (Phi) is 4.65. The van der Waals surface area contributed by atoms with E-state index < -0.39 is 5.97 Å². The third kappa shape index (κ3) is 3.62. The van der Waals surface area contributed by atoms with E-state index in [2.05, 4.69) is 17.1 Å². The SMILES string of the molecule is COCCCc1cccc(-c2nc(C(=O)O)cs2)c1. The van der Waals surface area contributed by atoms with E-state index in [1.54, 1.807) is 12.5 Å². The zero-order valence-electron chi connectivity index (χ0n) is 10.6. The summed E-state index contributed by atoms with van der Waals surface area (Å²) in [6.07, 6.45) is 1.91. The number of carboxylic acids is 1. The summed E-state index contributed by atoms with van der Waals surface area (Å²) >= 11 is 1.35. The van der Waals surface area contributed by atoms with Gasteiger partial charge >= 0.3 is 5.97 Å². The lowest BCUT2D eigenvalue weighted by molar-refractivity contribution is 0.0691. The molecule has 5 heteroatoms. The van der Waals surface area contributed by atoms with Crippen molar-refractivity contribution in [2.24, 2.45) is 0 Å². The second-order valence-electron chi connectivity index (χ2n) is 4.14. The summed E-state index contributed by atoms with van der Waals surface area (Å²) in [5.41, 5.74) is 2.28. The van der Waals surface area contributed by atoms with E-state index in [-0.39, 0.29) is 5.69 Å². The Bertz CT molecular complexity index is 565. The standard InChI is InChI=1S/C14H15NO3S/c1-18-7-3-5-10-4-2-6-11(8-10)13-15-12(9-19-13)14(16)17/h2,4,6,8-9H,3,5,7H2,1H3,(H,16,17). The molecule has 1 N–H and O–H groups in total. The van der Waals surface area contributed by atoms with Gasteiger partial charge in [0.25, 0.3) is 0 Å². The van der Waals surface area contributed by atoms with E-state index in [0.717, 1.165) is 30.0 Å². The average molecular weight is 277 g/mol. The summed E-state index contributed by atoms with van der Waals surface area (Å²) in [4.78, 5) is 14.9. The minimum atomic E-state index is -0.987. The Morgan fingerprint density at radius 2 is 2.32 bits per heavy atom. The number of carboxylic acid groups (broad SMARTS) is 1. The van der Waals surface area contributed by atoms with Crippen molar-refractivity contribution in [1.29, 1.82) is 0 Å². The van der Waals surface area contributed by atoms with Gasteiger partial charge in [0.15, 0.2) is 5.69 Å². The quantitative estimate of drug-likeness (QED) is 0.824. The second kappa shape index (κ2) is 6.45. The summed E-state index contributed by atoms with van der Waals surface area (Å²) < 4.78 is 5.03. The van der Waals surface area contributed by atoms with Gasteiger partial charge in [0, 0.05) is 24.7 Å². The van der Waals surface area contributed by atoms with Crippen LogP contribution >= 0.6 is 11.3 Å². The lowest BCUT2D eigenvalue weighted by Gasteiger charge is -2.03. The molecular formula is C14H15NO3S. The monoisotopic (exact) mass is 277 g/mol. The third-order valence-electron chi connectivity index (χ3n) is 2.71. The van der Waals surface area contributed by atoms with E-state index in [4.69, 9.17) is 9.84 Å². The molecule has 0 aliphatic heterocycles. The van der Waals surface area contributed by atoms with Gasteiger partial charge in [-0.15, -0.1) is 11.3 Å². The number of benzene rings is 1. The number of aromatic nitrogens is 1. The maximum absolute atomic E-state index is 10.8. The molecule has 1 aromatic heterocycles. The first-order valence-electron chi connectivity index (χ1n) is 5.98. The second-order valence-corrected chi connectivity index (χ2v) is 5.00. The van der Waals surface area contributed by atoms with E-state index >= 15 is 0 Å². The molecule has 0 spiro atoms. The van der Waals surface area contributed by atoms with Crippen molar-refractivity contribution in [3.8, 4) is 10.6 Å². The number of ether oxygens (including phenoxy) is 1. The molecule has 0 unspecified atom stereocenters. The molecule has 4 nitrogen and oxygen atoms in total. The highest BCUT2D eigenvalue weighted by atomic mass is 32.1. The first kappa shape index (κ1) is 13.7. The van der Waals surface area contributed by atoms with Crippen molar-refractivity contribution in [3.63, 3.8) is 0 Å². The first-order chi connectivity index (χ1) is 9.20. The topological polar surface area (TPSA) is 59.4 Å². The minimum absolute atomic E-state index is 0.102. The molecule has 19 heavy (non-hydrogen) atoms. The summed E-state index contributed by atoms with van der Waals surface area (Å²) in [7, 11) is 1.69. The number of thiazole rings is 1. The zero-order chi connectivity index (χ0) is 13.7. The van der Waals surface area contributed by atoms with Crippen molar-refractivity contribution in [3.05, 3.63) is 40.9 Å². The average Bonchev–Trinajstić information content (AvgIpc) is 2.89. The van der Waals surface area contributed by atoms with E-state index in [1.165, 1.54) is 16.9 Å². The number of carbonyl (C=O) groups is 1. The van der Waals surface area contributed by atoms with Crippen LogP contribution in [0.15, 0.2) is 29.6 Å². The molecule has 0 radical (unpaired) electrons. The van der Waals surface area contributed by atoms with Gasteiger partial charge in [0.05, 0.1) is 0 Å². The normalized spacial score (nSPS) is 10.6. The largest absolute Gasteiger partial charge is 0.476 e. The first-order valence-corrected chi connectivity index (χ1v) is 6.85. The Morgan fingerprint density at radius 3 is 3.00 bits per heavy atom. The molecule has 0 atom stereocenters. The fraction of sp³-hybridized carbons (Fsp3) is 0.286. The molecule has 0 saturated heterocycles. The highest BCUT2D eigenvalue weighted by molar-refractivity contribution is 7.13. The maximum Gasteiger partial charge on any atom is 0.355 e. The summed E-state index contributed by atoms with van der Waals surface area (Å²) in [5.74, 6) is -0.987. The summed E-state index contributed by atoms with van der Waals surface area (Å²) in [6, 6.07) is 8.04. The molecule has 0 bridgehead atoms. The molecule has 0 saturated carbocycles. The van der Waals surface area contributed by atoms with E-state index in [1.807, 2.05) is 12.1 Å². The molecule has 0 aliphatic rings. The highest BCUT2D eigenvalue weighted by Crippen LogP contribution is 2.24. The molecule has 1 aromatic carbocycles. The van der Waals surface area contributed by atoms with Crippen molar-refractivity contribution in [2.75, 3.05) is 13.7 Å². The van der Waals surface area contributed by atoms with Crippen LogP contribution in [0.4, 0.5) is 0 Å². The van der Waals surface area contributed by atoms with Gasteiger partial charge in [-0.3, -0.25) is 0 Å². The van der Waals surface area contributed by atoms with Crippen molar-refractivity contribution >= 4 is 17.3 Å². The van der Waals surface area contributed by atoms with E-state index in [0.29, 0.717) is 0 Å². The number of aromatic carboxylic acids is 1. The Morgan fingerprint density at radius 1 is 1.47 bits per heavy atom. The van der Waals surface area contributed by atoms with Crippen LogP contribution in [0.2, 0.25) is 0 Å². The van der Waals surface area contributed by atoms with Gasteiger partial charge in [-0.25, -0.2) is 9.78 Å². The molecular weight excluding hydrogens is 262 g/mol. The minimum Gasteiger partial charge on any atom is -0.476 e. The fourth-order valence-corrected chi connectivity index (χ4v) is 2.58. The van der Waals surface area contributed by atoms with Crippen molar-refractivity contribution < 1.29 is 14.6 Å². The van der Waals surface area contributed by atoms with Crippen LogP contribution in [0.5, 0.6) is 0 Å². The Labute approximate surface area is 115 Å². The van der Waals surface area contributed by atoms with Gasteiger partial charge in [0.2, 0.25) is 0 Å².